The molecule has 11 unspecified atom stereocenters. The van der Waals surface area contributed by atoms with Gasteiger partial charge in [-0.15, -0.1) is 0 Å². The molecule has 0 radical (unpaired) electrons. The fourth-order valence-electron chi connectivity index (χ4n) is 1.74. The molecular weight excluding hydrogens is 1120 g/mol. The molecule has 11 atom stereocenters. The summed E-state index contributed by atoms with van der Waals surface area (Å²) in [6.07, 6.45) is -15.3. The maximum atomic E-state index is 10.5. The zero-order valence-electron chi connectivity index (χ0n) is 44.2. The average Bonchev–Trinajstić information content (AvgIpc) is 3.45. The number of hydrogen-bond acceptors (Lipinski definition) is 36. The highest BCUT2D eigenvalue weighted by molar-refractivity contribution is 6.24. The van der Waals surface area contributed by atoms with E-state index in [1.807, 2.05) is 0 Å². The van der Waals surface area contributed by atoms with Crippen LogP contribution >= 0.6 is 0 Å². The van der Waals surface area contributed by atoms with Crippen LogP contribution in [0.5, 0.6) is 0 Å². The first-order valence-corrected chi connectivity index (χ1v) is 20.4. The van der Waals surface area contributed by atoms with E-state index in [2.05, 4.69) is 9.47 Å². The monoisotopic (exact) mass is 1200 g/mol. The van der Waals surface area contributed by atoms with Crippen molar-refractivity contribution in [1.82, 2.24) is 0 Å². The second kappa shape index (κ2) is 82.1. The lowest BCUT2D eigenvalue weighted by atomic mass is 10.0. The van der Waals surface area contributed by atoms with E-state index in [1.165, 1.54) is 48.8 Å². The summed E-state index contributed by atoms with van der Waals surface area (Å²) in [5.41, 5.74) is 0. The van der Waals surface area contributed by atoms with E-state index in [9.17, 15) is 52.7 Å². The lowest BCUT2D eigenvalue weighted by molar-refractivity contribution is -0.149. The standard InChI is InChI=1S/2C6H12O6.2C4H8O3.4C3H6O3.3C3H4O2.3H2O/c2*7-1-3(9)5(11)6(12)4(10)2-8;2*1-3(5)4(6)7-2;4*4-1-3(6)2-5;3*1-3(5)2-4;;;/h3,5-9,11-12H,1-2H2;1,3-6,8-12H,2H2;4,6H,1-2H3;3,5H,1-2H3;2*4-5H,1-2H2;2*1,3,5-6H,2H2;3*2H,1H3;3*1H2/p+1. The minimum atomic E-state index is -1.86. The summed E-state index contributed by atoms with van der Waals surface area (Å²) in [6, 6.07) is 0. The summed E-state index contributed by atoms with van der Waals surface area (Å²) in [4.78, 5) is 134. The Morgan fingerprint density at radius 1 is 0.438 bits per heavy atom. The van der Waals surface area contributed by atoms with Crippen molar-refractivity contribution in [3.8, 4) is 0 Å². The first-order valence-electron chi connectivity index (χ1n) is 20.4. The predicted molar refractivity (Wildman–Crippen MR) is 261 cm³/mol. The molecule has 0 bridgehead atoms. The van der Waals surface area contributed by atoms with Gasteiger partial charge in [0.25, 0.3) is 0 Å². The number of rotatable bonds is 24. The number of carbonyl (C=O) groups excluding carboxylic acids is 14. The van der Waals surface area contributed by atoms with Gasteiger partial charge in [-0.25, -0.2) is 4.79 Å². The van der Waals surface area contributed by atoms with Gasteiger partial charge in [0, 0.05) is 27.9 Å². The number of esters is 1. The summed E-state index contributed by atoms with van der Waals surface area (Å²) in [6.45, 7) is 0.608. The third-order valence-electron chi connectivity index (χ3n) is 5.82. The number of ketones is 7. The summed E-state index contributed by atoms with van der Waals surface area (Å²) >= 11 is 0. The molecule has 0 saturated heterocycles. The normalized spacial score (nSPS) is 12.8. The Balaban J connectivity index is -0.0000000505. The Bertz CT molecular complexity index is 1440. The van der Waals surface area contributed by atoms with Crippen molar-refractivity contribution in [2.24, 2.45) is 0 Å². The quantitative estimate of drug-likeness (QED) is 0.0140. The molecule has 0 rings (SSSR count). The van der Waals surface area contributed by atoms with Crippen molar-refractivity contribution in [2.75, 3.05) is 73.7 Å². The van der Waals surface area contributed by atoms with Gasteiger partial charge in [0.15, 0.2) is 78.2 Å². The fourth-order valence-corrected chi connectivity index (χ4v) is 1.74. The van der Waals surface area contributed by atoms with Gasteiger partial charge in [-0.05, 0) is 13.8 Å². The van der Waals surface area contributed by atoms with Crippen molar-refractivity contribution < 1.29 is 195 Å². The molecule has 480 valence electrons. The number of Topliss-reactive ketones (excluding diaryl/α,β-unsaturated/α-hetero) is 7. The van der Waals surface area contributed by atoms with E-state index in [4.69, 9.17) is 117 Å². The molecule has 80 heavy (non-hydrogen) atoms. The van der Waals surface area contributed by atoms with Gasteiger partial charge < -0.3 is 142 Å². The molecule has 0 spiro atoms. The largest absolute Gasteiger partial charge is 0.467 e. The molecule has 0 heterocycles. The molecule has 39 heteroatoms. The summed E-state index contributed by atoms with van der Waals surface area (Å²) in [5, 5.41) is 166. The highest BCUT2D eigenvalue weighted by Gasteiger charge is 2.30. The minimum Gasteiger partial charge on any atom is -0.467 e. The number of hydrogen-bond donors (Lipinski definition) is 20. The van der Waals surface area contributed by atoms with Crippen LogP contribution in [-0.4, -0.2) is 338 Å². The number of aliphatic hydroxyl groups excluding tert-OH is 20. The highest BCUT2D eigenvalue weighted by Crippen LogP contribution is 2.03. The molecule has 0 aliphatic carbocycles. The minimum absolute atomic E-state index is 0. The number of carbonyl (C=O) groups is 14. The van der Waals surface area contributed by atoms with Crippen LogP contribution in [0.2, 0.25) is 0 Å². The Morgan fingerprint density at radius 2 is 0.713 bits per heavy atom. The smallest absolute Gasteiger partial charge is 0.334 e. The molecule has 0 amide bonds. The van der Waals surface area contributed by atoms with Crippen molar-refractivity contribution in [1.29, 1.82) is 0 Å². The van der Waals surface area contributed by atoms with E-state index >= 15 is 0 Å². The van der Waals surface area contributed by atoms with Gasteiger partial charge in [-0.1, -0.05) is 0 Å². The molecule has 39 nitrogen and oxygen atoms in total. The fraction of sp³-hybridized carbons (Fsp3) is 0.659. The maximum Gasteiger partial charge on any atom is 0.334 e. The van der Waals surface area contributed by atoms with E-state index in [0.717, 1.165) is 0 Å². The lowest BCUT2D eigenvalue weighted by Gasteiger charge is -2.22. The average molecular weight is 1200 g/mol. The Kier molecular flexibility index (Phi) is 113. The third-order valence-corrected chi connectivity index (χ3v) is 5.82. The van der Waals surface area contributed by atoms with Crippen LogP contribution in [0.25, 0.3) is 0 Å². The predicted octanol–water partition coefficient (Wildman–Crippen LogP) is -16.8. The van der Waals surface area contributed by atoms with Gasteiger partial charge in [0.1, 0.15) is 94.1 Å². The Morgan fingerprint density at radius 3 is 0.812 bits per heavy atom. The van der Waals surface area contributed by atoms with Crippen LogP contribution in [0, 0.1) is 0 Å². The number of ether oxygens (including phenoxy) is 2. The van der Waals surface area contributed by atoms with E-state index in [-0.39, 0.29) is 59.9 Å². The molecule has 0 aliphatic rings. The molecule has 0 aromatic rings. The SMILES string of the molecule is CC(=O)C=O.CC(=O)C=O.CC(=O)C=O.COC(=O)C(C)O.COC(O)C(C)=O.O.O.O=C(CO)C(O)C(O)C(O)CO.O=C(CO)CO.O=C(CO)CO.O=CC(O)C(O)C(O)C(O)CO.O=CC(O)CO.O=CC(O)CO.[OH3+]. The second-order valence-electron chi connectivity index (χ2n) is 12.7. The Labute approximate surface area is 454 Å². The van der Waals surface area contributed by atoms with Gasteiger partial charge in [-0.3, -0.25) is 47.9 Å². The van der Waals surface area contributed by atoms with E-state index in [0.29, 0.717) is 0 Å². The zero-order valence-corrected chi connectivity index (χ0v) is 44.2. The molecule has 0 aliphatic heterocycles. The summed E-state index contributed by atoms with van der Waals surface area (Å²) in [7, 11) is 2.50. The van der Waals surface area contributed by atoms with Crippen molar-refractivity contribution in [2.45, 2.75) is 102 Å². The first-order chi connectivity index (χ1) is 35.5. The highest BCUT2D eigenvalue weighted by atomic mass is 16.6. The van der Waals surface area contributed by atoms with Crippen molar-refractivity contribution >= 4 is 84.2 Å². The van der Waals surface area contributed by atoms with Gasteiger partial charge in [0.05, 0.1) is 33.5 Å². The number of aldehydes is 6. The van der Waals surface area contributed by atoms with E-state index < -0.39 is 167 Å². The topological polar surface area (TPSA) is 758 Å². The molecule has 0 aromatic heterocycles. The second-order valence-corrected chi connectivity index (χ2v) is 12.7. The van der Waals surface area contributed by atoms with E-state index in [1.54, 1.807) is 0 Å². The molecule has 27 N–H and O–H groups in total. The van der Waals surface area contributed by atoms with Crippen molar-refractivity contribution in [3.63, 3.8) is 0 Å². The third kappa shape index (κ3) is 101. The van der Waals surface area contributed by atoms with Crippen molar-refractivity contribution in [3.05, 3.63) is 0 Å². The molecular formula is C41H83O39+. The van der Waals surface area contributed by atoms with Crippen LogP contribution in [0.4, 0.5) is 0 Å². The van der Waals surface area contributed by atoms with Crippen LogP contribution in [-0.2, 0) is 82.1 Å². The molecule has 0 fully saturated rings. The summed E-state index contributed by atoms with van der Waals surface area (Å²) < 4.78 is 8.34. The van der Waals surface area contributed by atoms with Crippen LogP contribution in [0.15, 0.2) is 0 Å². The van der Waals surface area contributed by atoms with Crippen LogP contribution in [0.3, 0.4) is 0 Å². The first kappa shape index (κ1) is 110. The van der Waals surface area contributed by atoms with Gasteiger partial charge in [-0.2, -0.15) is 0 Å². The zero-order chi connectivity index (χ0) is 64.0. The number of aliphatic hydroxyl groups is 20. The van der Waals surface area contributed by atoms with Gasteiger partial charge >= 0.3 is 5.97 Å². The Hall–Kier alpha value is -5.78. The maximum absolute atomic E-state index is 10.5. The summed E-state index contributed by atoms with van der Waals surface area (Å²) in [5.74, 6) is -4.34. The molecule has 0 saturated carbocycles. The van der Waals surface area contributed by atoms with Crippen LogP contribution < -0.4 is 0 Å². The lowest BCUT2D eigenvalue weighted by Crippen LogP contribution is -2.46. The van der Waals surface area contributed by atoms with Gasteiger partial charge in [0.2, 0.25) is 6.29 Å². The van der Waals surface area contributed by atoms with Crippen LogP contribution in [0.1, 0.15) is 34.6 Å². The number of methoxy groups -OCH3 is 2. The molecule has 0 aromatic carbocycles.